The van der Waals surface area contributed by atoms with Crippen molar-refractivity contribution < 1.29 is 27.4 Å². The fourth-order valence-electron chi connectivity index (χ4n) is 3.18. The highest BCUT2D eigenvalue weighted by Crippen LogP contribution is 2.35. The molecule has 0 unspecified atom stereocenters. The monoisotopic (exact) mass is 441 g/mol. The maximum absolute atomic E-state index is 13.0. The van der Waals surface area contributed by atoms with Crippen LogP contribution in [-0.4, -0.2) is 57.4 Å². The number of halogens is 1. The van der Waals surface area contributed by atoms with E-state index >= 15 is 0 Å². The fraction of sp³-hybridized carbons (Fsp3) is 0.556. The summed E-state index contributed by atoms with van der Waals surface area (Å²) in [5.41, 5.74) is -0.843. The molecule has 3 aliphatic rings. The lowest BCUT2D eigenvalue weighted by Crippen LogP contribution is -2.40. The number of hydrogen-bond donors (Lipinski definition) is 2. The highest BCUT2D eigenvalue weighted by atomic mass is 35.5. The van der Waals surface area contributed by atoms with Gasteiger partial charge in [-0.25, -0.2) is 13.2 Å². The molecule has 1 aliphatic carbocycles. The summed E-state index contributed by atoms with van der Waals surface area (Å²) in [5.74, 6) is 0.483. The number of alkyl carbamates (subject to hydrolysis) is 1. The lowest BCUT2D eigenvalue weighted by atomic mass is 10.3. The number of rotatable bonds is 6. The van der Waals surface area contributed by atoms with Gasteiger partial charge in [0.1, 0.15) is 17.4 Å². The van der Waals surface area contributed by atoms with Gasteiger partial charge in [0, 0.05) is 19.0 Å². The number of benzene rings is 1. The molecule has 156 valence electrons. The van der Waals surface area contributed by atoms with Crippen molar-refractivity contribution in [3.05, 3.63) is 23.2 Å². The zero-order valence-corrected chi connectivity index (χ0v) is 17.0. The summed E-state index contributed by atoms with van der Waals surface area (Å²) in [6.45, 7) is 1.11. The molecule has 2 atom stereocenters. The summed E-state index contributed by atoms with van der Waals surface area (Å²) < 4.78 is 41.9. The predicted octanol–water partition coefficient (Wildman–Crippen LogP) is 1.36. The Hall–Kier alpha value is -2.06. The van der Waals surface area contributed by atoms with Crippen LogP contribution in [0.1, 0.15) is 19.3 Å². The maximum Gasteiger partial charge on any atom is 0.409 e. The third-order valence-electron chi connectivity index (χ3n) is 5.16. The topological polar surface area (TPSA) is 127 Å². The van der Waals surface area contributed by atoms with E-state index in [4.69, 9.17) is 31.1 Å². The van der Waals surface area contributed by atoms with Gasteiger partial charge in [-0.2, -0.15) is 5.26 Å². The maximum atomic E-state index is 13.0. The second-order valence-corrected chi connectivity index (χ2v) is 10.00. The SMILES string of the molecule is N#CC1(NC(=O)O[C@H]2C[C@@H](S(=O)(=O)c3ccc(OC4COC4)cc3Cl)CN2)CC1. The molecule has 1 amide bonds. The van der Waals surface area contributed by atoms with Crippen LogP contribution < -0.4 is 15.4 Å². The van der Waals surface area contributed by atoms with Crippen LogP contribution in [0, 0.1) is 11.3 Å². The van der Waals surface area contributed by atoms with Crippen LogP contribution in [0.15, 0.2) is 23.1 Å². The predicted molar refractivity (Wildman–Crippen MR) is 101 cm³/mol. The smallest absolute Gasteiger partial charge is 0.409 e. The lowest BCUT2D eigenvalue weighted by Gasteiger charge is -2.26. The Morgan fingerprint density at radius 3 is 2.72 bits per heavy atom. The summed E-state index contributed by atoms with van der Waals surface area (Å²) in [6, 6.07) is 6.51. The summed E-state index contributed by atoms with van der Waals surface area (Å²) in [4.78, 5) is 11.9. The quantitative estimate of drug-likeness (QED) is 0.677. The second-order valence-electron chi connectivity index (χ2n) is 7.39. The van der Waals surface area contributed by atoms with E-state index in [1.54, 1.807) is 6.07 Å². The molecule has 0 spiro atoms. The zero-order valence-electron chi connectivity index (χ0n) is 15.4. The van der Waals surface area contributed by atoms with E-state index in [9.17, 15) is 13.2 Å². The molecule has 4 rings (SSSR count). The summed E-state index contributed by atoms with van der Waals surface area (Å²) in [7, 11) is -3.74. The number of carbonyl (C=O) groups excluding carboxylic acids is 1. The van der Waals surface area contributed by atoms with Gasteiger partial charge in [-0.1, -0.05) is 11.6 Å². The molecule has 1 aromatic rings. The van der Waals surface area contributed by atoms with Gasteiger partial charge in [-0.15, -0.1) is 0 Å². The molecule has 1 saturated carbocycles. The Labute approximate surface area is 173 Å². The Bertz CT molecular complexity index is 955. The van der Waals surface area contributed by atoms with E-state index in [0.29, 0.717) is 31.8 Å². The van der Waals surface area contributed by atoms with E-state index in [2.05, 4.69) is 10.6 Å². The molecule has 11 heteroatoms. The minimum atomic E-state index is -3.74. The van der Waals surface area contributed by atoms with Crippen LogP contribution in [0.4, 0.5) is 4.79 Å². The minimum absolute atomic E-state index is 0.00897. The highest BCUT2D eigenvalue weighted by molar-refractivity contribution is 7.92. The van der Waals surface area contributed by atoms with Crippen molar-refractivity contribution in [1.29, 1.82) is 5.26 Å². The van der Waals surface area contributed by atoms with Gasteiger partial charge in [-0.3, -0.25) is 5.32 Å². The van der Waals surface area contributed by atoms with E-state index in [0.717, 1.165) is 0 Å². The second kappa shape index (κ2) is 7.65. The molecule has 29 heavy (non-hydrogen) atoms. The summed E-state index contributed by atoms with van der Waals surface area (Å²) in [5, 5.41) is 13.7. The molecule has 2 heterocycles. The van der Waals surface area contributed by atoms with Gasteiger partial charge in [0.05, 0.1) is 34.5 Å². The first-order valence-electron chi connectivity index (χ1n) is 9.23. The van der Waals surface area contributed by atoms with Gasteiger partial charge < -0.3 is 19.5 Å². The van der Waals surface area contributed by atoms with Gasteiger partial charge in [0.2, 0.25) is 0 Å². The number of carbonyl (C=O) groups is 1. The first-order valence-corrected chi connectivity index (χ1v) is 11.1. The summed E-state index contributed by atoms with van der Waals surface area (Å²) >= 11 is 6.22. The first-order chi connectivity index (χ1) is 13.8. The van der Waals surface area contributed by atoms with Crippen molar-refractivity contribution in [1.82, 2.24) is 10.6 Å². The Morgan fingerprint density at radius 1 is 1.38 bits per heavy atom. The molecule has 2 N–H and O–H groups in total. The van der Waals surface area contributed by atoms with Gasteiger partial charge in [-0.05, 0) is 25.0 Å². The van der Waals surface area contributed by atoms with Gasteiger partial charge in [0.15, 0.2) is 16.1 Å². The Kier molecular flexibility index (Phi) is 5.33. The third-order valence-corrected chi connectivity index (χ3v) is 7.79. The van der Waals surface area contributed by atoms with Crippen LogP contribution in [0.2, 0.25) is 5.02 Å². The molecule has 0 bridgehead atoms. The molecule has 0 aromatic heterocycles. The van der Waals surface area contributed by atoms with Crippen molar-refractivity contribution in [2.24, 2.45) is 0 Å². The molecular weight excluding hydrogens is 422 g/mol. The van der Waals surface area contributed by atoms with E-state index in [-0.39, 0.29) is 29.0 Å². The Morgan fingerprint density at radius 2 is 2.14 bits per heavy atom. The molecule has 9 nitrogen and oxygen atoms in total. The van der Waals surface area contributed by atoms with Crippen molar-refractivity contribution >= 4 is 27.5 Å². The van der Waals surface area contributed by atoms with Crippen molar-refractivity contribution in [2.45, 2.75) is 47.3 Å². The van der Waals surface area contributed by atoms with E-state index in [1.807, 2.05) is 6.07 Å². The van der Waals surface area contributed by atoms with Crippen LogP contribution in [0.5, 0.6) is 5.75 Å². The molecule has 2 saturated heterocycles. The van der Waals surface area contributed by atoms with E-state index < -0.39 is 32.9 Å². The average Bonchev–Trinajstić information content (AvgIpc) is 3.24. The number of amides is 1. The van der Waals surface area contributed by atoms with Crippen molar-refractivity contribution in [2.75, 3.05) is 19.8 Å². The number of sulfone groups is 1. The minimum Gasteiger partial charge on any atom is -0.486 e. The number of nitrogens with zero attached hydrogens (tertiary/aromatic N) is 1. The first kappa shape index (κ1) is 20.2. The van der Waals surface area contributed by atoms with Gasteiger partial charge in [0.25, 0.3) is 0 Å². The van der Waals surface area contributed by atoms with Crippen LogP contribution >= 0.6 is 11.6 Å². The largest absolute Gasteiger partial charge is 0.486 e. The number of hydrogen-bond acceptors (Lipinski definition) is 8. The number of nitriles is 1. The summed E-state index contributed by atoms with van der Waals surface area (Å²) in [6.07, 6.45) is -0.293. The molecular formula is C18H20ClN3O6S. The number of nitrogens with one attached hydrogen (secondary N) is 2. The van der Waals surface area contributed by atoms with Crippen molar-refractivity contribution in [3.63, 3.8) is 0 Å². The van der Waals surface area contributed by atoms with E-state index in [1.165, 1.54) is 12.1 Å². The average molecular weight is 442 g/mol. The third kappa shape index (κ3) is 4.28. The standard InChI is InChI=1S/C18H20ClN3O6S/c19-14-5-11(27-12-8-26-9-12)1-2-15(14)29(24,25)13-6-16(21-7-13)28-17(23)22-18(10-20)3-4-18/h1-2,5,12-13,16,21H,3-4,6-9H2,(H,22,23)/t13-,16+/m1/s1. The van der Waals surface area contributed by atoms with Crippen LogP contribution in [0.25, 0.3) is 0 Å². The zero-order chi connectivity index (χ0) is 20.6. The molecule has 0 radical (unpaired) electrons. The molecule has 2 aliphatic heterocycles. The van der Waals surface area contributed by atoms with Crippen LogP contribution in [-0.2, 0) is 19.3 Å². The van der Waals surface area contributed by atoms with Crippen molar-refractivity contribution in [3.8, 4) is 11.8 Å². The molecule has 3 fully saturated rings. The highest BCUT2D eigenvalue weighted by Gasteiger charge is 2.46. The Balaban J connectivity index is 1.37. The molecule has 1 aromatic carbocycles. The fourth-order valence-corrected chi connectivity index (χ4v) is 5.36. The van der Waals surface area contributed by atoms with Gasteiger partial charge >= 0.3 is 6.09 Å². The number of ether oxygens (including phenoxy) is 3. The normalized spacial score (nSPS) is 25.5. The van der Waals surface area contributed by atoms with Crippen LogP contribution in [0.3, 0.4) is 0 Å². The lowest BCUT2D eigenvalue weighted by molar-refractivity contribution is -0.0796.